The summed E-state index contributed by atoms with van der Waals surface area (Å²) in [5, 5.41) is 2.81. The molecular formula is C12H24N2O2. The van der Waals surface area contributed by atoms with Gasteiger partial charge in [0.15, 0.2) is 0 Å². The van der Waals surface area contributed by atoms with Crippen molar-refractivity contribution >= 4 is 11.8 Å². The Labute approximate surface area is 98.4 Å². The van der Waals surface area contributed by atoms with Crippen molar-refractivity contribution in [3.05, 3.63) is 0 Å². The lowest BCUT2D eigenvalue weighted by Crippen LogP contribution is -2.39. The van der Waals surface area contributed by atoms with Crippen LogP contribution in [0.2, 0.25) is 0 Å². The van der Waals surface area contributed by atoms with E-state index in [9.17, 15) is 9.59 Å². The fourth-order valence-corrected chi connectivity index (χ4v) is 1.46. The van der Waals surface area contributed by atoms with E-state index in [1.165, 1.54) is 0 Å². The molecule has 4 heteroatoms. The standard InChI is InChI=1S/C12H24N2O2/c1-5-6-12(16)13-7-8-14(11(4)15)9-10(2)3/h10H,5-9H2,1-4H3,(H,13,16). The predicted molar refractivity (Wildman–Crippen MR) is 65.0 cm³/mol. The number of hydrogen-bond donors (Lipinski definition) is 1. The Hall–Kier alpha value is -1.06. The summed E-state index contributed by atoms with van der Waals surface area (Å²) in [5.41, 5.74) is 0. The minimum Gasteiger partial charge on any atom is -0.354 e. The average Bonchev–Trinajstić information content (AvgIpc) is 2.15. The zero-order valence-electron chi connectivity index (χ0n) is 10.9. The van der Waals surface area contributed by atoms with E-state index in [0.29, 0.717) is 25.4 Å². The maximum absolute atomic E-state index is 11.3. The first-order valence-corrected chi connectivity index (χ1v) is 5.99. The van der Waals surface area contributed by atoms with Crippen molar-refractivity contribution in [2.75, 3.05) is 19.6 Å². The van der Waals surface area contributed by atoms with Crippen LogP contribution in [0.15, 0.2) is 0 Å². The van der Waals surface area contributed by atoms with Gasteiger partial charge in [-0.15, -0.1) is 0 Å². The van der Waals surface area contributed by atoms with Gasteiger partial charge in [-0.2, -0.15) is 0 Å². The zero-order valence-corrected chi connectivity index (χ0v) is 10.9. The topological polar surface area (TPSA) is 49.4 Å². The summed E-state index contributed by atoms with van der Waals surface area (Å²) in [4.78, 5) is 24.3. The van der Waals surface area contributed by atoms with Crippen molar-refractivity contribution in [3.63, 3.8) is 0 Å². The number of carbonyl (C=O) groups is 2. The van der Waals surface area contributed by atoms with Gasteiger partial charge in [-0.3, -0.25) is 9.59 Å². The number of nitrogens with one attached hydrogen (secondary N) is 1. The summed E-state index contributed by atoms with van der Waals surface area (Å²) in [5.74, 6) is 0.587. The molecule has 0 rings (SSSR count). The molecule has 16 heavy (non-hydrogen) atoms. The van der Waals surface area contributed by atoms with Crippen LogP contribution < -0.4 is 5.32 Å². The van der Waals surface area contributed by atoms with Gasteiger partial charge in [-0.05, 0) is 12.3 Å². The lowest BCUT2D eigenvalue weighted by atomic mass is 10.2. The smallest absolute Gasteiger partial charge is 0.220 e. The minimum absolute atomic E-state index is 0.0653. The largest absolute Gasteiger partial charge is 0.354 e. The maximum atomic E-state index is 11.3. The molecular weight excluding hydrogens is 204 g/mol. The normalized spacial score (nSPS) is 10.3. The van der Waals surface area contributed by atoms with Crippen LogP contribution in [0.3, 0.4) is 0 Å². The highest BCUT2D eigenvalue weighted by atomic mass is 16.2. The van der Waals surface area contributed by atoms with Gasteiger partial charge in [0.2, 0.25) is 11.8 Å². The number of hydrogen-bond acceptors (Lipinski definition) is 2. The highest BCUT2D eigenvalue weighted by Crippen LogP contribution is 1.98. The quantitative estimate of drug-likeness (QED) is 0.716. The fraction of sp³-hybridized carbons (Fsp3) is 0.833. The number of carbonyl (C=O) groups excluding carboxylic acids is 2. The second-order valence-electron chi connectivity index (χ2n) is 4.46. The second kappa shape index (κ2) is 8.13. The van der Waals surface area contributed by atoms with Crippen molar-refractivity contribution in [2.24, 2.45) is 5.92 Å². The van der Waals surface area contributed by atoms with Crippen LogP contribution >= 0.6 is 0 Å². The van der Waals surface area contributed by atoms with Gasteiger partial charge in [0.25, 0.3) is 0 Å². The predicted octanol–water partition coefficient (Wildman–Crippen LogP) is 1.41. The lowest BCUT2D eigenvalue weighted by molar-refractivity contribution is -0.130. The van der Waals surface area contributed by atoms with Crippen LogP contribution in [0.5, 0.6) is 0 Å². The molecule has 0 unspecified atom stereocenters. The molecule has 0 aromatic carbocycles. The van der Waals surface area contributed by atoms with Gasteiger partial charge in [-0.25, -0.2) is 0 Å². The van der Waals surface area contributed by atoms with Crippen molar-refractivity contribution < 1.29 is 9.59 Å². The molecule has 1 N–H and O–H groups in total. The molecule has 0 atom stereocenters. The molecule has 0 saturated carbocycles. The maximum Gasteiger partial charge on any atom is 0.220 e. The number of rotatable bonds is 7. The van der Waals surface area contributed by atoms with Crippen molar-refractivity contribution in [2.45, 2.75) is 40.5 Å². The molecule has 0 bridgehead atoms. The third kappa shape index (κ3) is 7.26. The first-order chi connectivity index (χ1) is 7.47. The van der Waals surface area contributed by atoms with Crippen LogP contribution in [0.25, 0.3) is 0 Å². The van der Waals surface area contributed by atoms with Crippen molar-refractivity contribution in [1.29, 1.82) is 0 Å². The molecule has 4 nitrogen and oxygen atoms in total. The van der Waals surface area contributed by atoms with E-state index in [-0.39, 0.29) is 11.8 Å². The summed E-state index contributed by atoms with van der Waals surface area (Å²) >= 11 is 0. The molecule has 0 aliphatic carbocycles. The molecule has 2 amide bonds. The van der Waals surface area contributed by atoms with E-state index in [0.717, 1.165) is 13.0 Å². The molecule has 0 spiro atoms. The second-order valence-corrected chi connectivity index (χ2v) is 4.46. The Morgan fingerprint density at radius 2 is 1.94 bits per heavy atom. The SMILES string of the molecule is CCCC(=O)NCCN(CC(C)C)C(C)=O. The third-order valence-electron chi connectivity index (χ3n) is 2.21. The highest BCUT2D eigenvalue weighted by Gasteiger charge is 2.10. The molecule has 0 heterocycles. The molecule has 94 valence electrons. The Balaban J connectivity index is 3.85. The zero-order chi connectivity index (χ0) is 12.6. The number of nitrogens with zero attached hydrogens (tertiary/aromatic N) is 1. The average molecular weight is 228 g/mol. The molecule has 0 fully saturated rings. The third-order valence-corrected chi connectivity index (χ3v) is 2.21. The van der Waals surface area contributed by atoms with Crippen LogP contribution in [-0.2, 0) is 9.59 Å². The monoisotopic (exact) mass is 228 g/mol. The first kappa shape index (κ1) is 14.9. The molecule has 0 aromatic rings. The van der Waals surface area contributed by atoms with Gasteiger partial charge < -0.3 is 10.2 Å². The summed E-state index contributed by atoms with van der Waals surface area (Å²) < 4.78 is 0. The Morgan fingerprint density at radius 3 is 2.38 bits per heavy atom. The highest BCUT2D eigenvalue weighted by molar-refractivity contribution is 5.76. The Kier molecular flexibility index (Phi) is 7.60. The summed E-state index contributed by atoms with van der Waals surface area (Å²) in [6.45, 7) is 9.58. The van der Waals surface area contributed by atoms with Crippen LogP contribution in [-0.4, -0.2) is 36.3 Å². The van der Waals surface area contributed by atoms with E-state index >= 15 is 0 Å². The van der Waals surface area contributed by atoms with E-state index < -0.39 is 0 Å². The van der Waals surface area contributed by atoms with E-state index in [1.807, 2.05) is 6.92 Å². The van der Waals surface area contributed by atoms with Gasteiger partial charge in [-0.1, -0.05) is 20.8 Å². The minimum atomic E-state index is 0.0653. The lowest BCUT2D eigenvalue weighted by Gasteiger charge is -2.23. The molecule has 0 aromatic heterocycles. The summed E-state index contributed by atoms with van der Waals surface area (Å²) in [6, 6.07) is 0. The molecule has 0 saturated heterocycles. The van der Waals surface area contributed by atoms with E-state index in [1.54, 1.807) is 11.8 Å². The number of amides is 2. The molecule has 0 radical (unpaired) electrons. The summed E-state index contributed by atoms with van der Waals surface area (Å²) in [6.07, 6.45) is 1.42. The van der Waals surface area contributed by atoms with E-state index in [4.69, 9.17) is 0 Å². The Morgan fingerprint density at radius 1 is 1.31 bits per heavy atom. The van der Waals surface area contributed by atoms with Gasteiger partial charge in [0.05, 0.1) is 0 Å². The van der Waals surface area contributed by atoms with Crippen LogP contribution in [0.4, 0.5) is 0 Å². The van der Waals surface area contributed by atoms with Crippen LogP contribution in [0.1, 0.15) is 40.5 Å². The Bertz CT molecular complexity index is 227. The van der Waals surface area contributed by atoms with Crippen molar-refractivity contribution in [1.82, 2.24) is 10.2 Å². The first-order valence-electron chi connectivity index (χ1n) is 5.99. The van der Waals surface area contributed by atoms with Gasteiger partial charge in [0, 0.05) is 33.0 Å². The van der Waals surface area contributed by atoms with Crippen LogP contribution in [0, 0.1) is 5.92 Å². The molecule has 0 aliphatic rings. The molecule has 0 aliphatic heterocycles. The van der Waals surface area contributed by atoms with E-state index in [2.05, 4.69) is 19.2 Å². The van der Waals surface area contributed by atoms with Crippen molar-refractivity contribution in [3.8, 4) is 0 Å². The summed E-state index contributed by atoms with van der Waals surface area (Å²) in [7, 11) is 0. The van der Waals surface area contributed by atoms with Gasteiger partial charge in [0.1, 0.15) is 0 Å². The van der Waals surface area contributed by atoms with Gasteiger partial charge >= 0.3 is 0 Å². The fourth-order valence-electron chi connectivity index (χ4n) is 1.46.